The van der Waals surface area contributed by atoms with Gasteiger partial charge in [-0.1, -0.05) is 13.8 Å². The second-order valence-electron chi connectivity index (χ2n) is 7.88. The molecule has 0 aromatic heterocycles. The summed E-state index contributed by atoms with van der Waals surface area (Å²) in [6.45, 7) is 8.66. The summed E-state index contributed by atoms with van der Waals surface area (Å²) >= 11 is 0. The minimum Gasteiger partial charge on any atom is -0.390 e. The third-order valence-corrected chi connectivity index (χ3v) is 6.40. The van der Waals surface area contributed by atoms with Crippen LogP contribution in [0.3, 0.4) is 0 Å². The topological polar surface area (TPSA) is 40.5 Å². The van der Waals surface area contributed by atoms with Crippen LogP contribution in [0.25, 0.3) is 0 Å². The molecule has 2 nitrogen and oxygen atoms in total. The summed E-state index contributed by atoms with van der Waals surface area (Å²) in [7, 11) is 0. The Morgan fingerprint density at radius 2 is 1.29 bits per heavy atom. The Labute approximate surface area is 104 Å². The first kappa shape index (κ1) is 12.0. The van der Waals surface area contributed by atoms with Gasteiger partial charge in [0.2, 0.25) is 0 Å². The maximum Gasteiger partial charge on any atom is 0.0654 e. The largest absolute Gasteiger partial charge is 0.390 e. The van der Waals surface area contributed by atoms with Gasteiger partial charge in [-0.2, -0.15) is 0 Å². The average Bonchev–Trinajstić information content (AvgIpc) is 2.59. The van der Waals surface area contributed by atoms with E-state index in [0.717, 1.165) is 25.7 Å². The Balaban J connectivity index is 1.99. The molecule has 0 aliphatic heterocycles. The van der Waals surface area contributed by atoms with Crippen molar-refractivity contribution >= 4 is 0 Å². The van der Waals surface area contributed by atoms with Gasteiger partial charge < -0.3 is 10.2 Å². The molecule has 0 aromatic rings. The number of rotatable bonds is 0. The first-order chi connectivity index (χ1) is 7.68. The van der Waals surface area contributed by atoms with E-state index < -0.39 is 11.2 Å². The van der Waals surface area contributed by atoms with Gasteiger partial charge in [-0.05, 0) is 68.6 Å². The first-order valence-corrected chi connectivity index (χ1v) is 7.13. The van der Waals surface area contributed by atoms with E-state index in [1.165, 1.54) is 0 Å². The molecule has 3 aliphatic rings. The van der Waals surface area contributed by atoms with Gasteiger partial charge in [0.25, 0.3) is 0 Å². The predicted molar refractivity (Wildman–Crippen MR) is 67.5 cm³/mol. The van der Waals surface area contributed by atoms with Crippen molar-refractivity contribution in [2.75, 3.05) is 0 Å². The molecule has 0 amide bonds. The lowest BCUT2D eigenvalue weighted by Gasteiger charge is -2.37. The molecule has 0 saturated heterocycles. The van der Waals surface area contributed by atoms with Crippen molar-refractivity contribution in [2.24, 2.45) is 29.1 Å². The van der Waals surface area contributed by atoms with Crippen molar-refractivity contribution in [3.63, 3.8) is 0 Å². The standard InChI is InChI=1S/C15H26O2/c1-13(2)9-5-7-14(3,16)10-6-8-15(4,17)12(10)11(9)13/h9-12,16-17H,5-8H2,1-4H3/t9-,10-,11-,12-,14-,15+/m1/s1. The monoisotopic (exact) mass is 238 g/mol. The van der Waals surface area contributed by atoms with Crippen LogP contribution in [0.2, 0.25) is 0 Å². The minimum absolute atomic E-state index is 0.300. The number of hydrogen-bond donors (Lipinski definition) is 2. The number of hydrogen-bond acceptors (Lipinski definition) is 2. The van der Waals surface area contributed by atoms with Crippen LogP contribution in [0.5, 0.6) is 0 Å². The zero-order valence-corrected chi connectivity index (χ0v) is 11.5. The van der Waals surface area contributed by atoms with Gasteiger partial charge in [-0.3, -0.25) is 0 Å². The van der Waals surface area contributed by atoms with Gasteiger partial charge in [0, 0.05) is 0 Å². The average molecular weight is 238 g/mol. The fourth-order valence-corrected chi connectivity index (χ4v) is 5.25. The summed E-state index contributed by atoms with van der Waals surface area (Å²) in [6.07, 6.45) is 3.89. The highest BCUT2D eigenvalue weighted by atomic mass is 16.3. The van der Waals surface area contributed by atoms with Crippen LogP contribution in [-0.2, 0) is 0 Å². The summed E-state index contributed by atoms with van der Waals surface area (Å²) in [6, 6.07) is 0. The lowest BCUT2D eigenvalue weighted by Crippen LogP contribution is -2.43. The van der Waals surface area contributed by atoms with Gasteiger partial charge in [-0.25, -0.2) is 0 Å². The Morgan fingerprint density at radius 1 is 0.765 bits per heavy atom. The highest BCUT2D eigenvalue weighted by Gasteiger charge is 2.69. The van der Waals surface area contributed by atoms with E-state index in [2.05, 4.69) is 13.8 Å². The molecule has 2 heteroatoms. The highest BCUT2D eigenvalue weighted by Crippen LogP contribution is 2.71. The molecule has 3 aliphatic carbocycles. The quantitative estimate of drug-likeness (QED) is 0.681. The van der Waals surface area contributed by atoms with Crippen LogP contribution in [0.4, 0.5) is 0 Å². The summed E-state index contributed by atoms with van der Waals surface area (Å²) in [5.74, 6) is 1.95. The van der Waals surface area contributed by atoms with E-state index in [0.29, 0.717) is 29.1 Å². The van der Waals surface area contributed by atoms with Crippen LogP contribution in [-0.4, -0.2) is 21.4 Å². The minimum atomic E-state index is -0.561. The SMILES string of the molecule is CC1(C)[C@H]2[C@H]3[C@@H](CC[C@]3(C)O)[C@](C)(O)CC[C@H]21. The fourth-order valence-electron chi connectivity index (χ4n) is 5.25. The normalized spacial score (nSPS) is 60.4. The highest BCUT2D eigenvalue weighted by molar-refractivity contribution is 5.18. The van der Waals surface area contributed by atoms with Crippen molar-refractivity contribution in [1.82, 2.24) is 0 Å². The summed E-state index contributed by atoms with van der Waals surface area (Å²) < 4.78 is 0. The number of aliphatic hydroxyl groups is 2. The van der Waals surface area contributed by atoms with E-state index >= 15 is 0 Å². The fraction of sp³-hybridized carbons (Fsp3) is 1.00. The van der Waals surface area contributed by atoms with Gasteiger partial charge in [0.1, 0.15) is 0 Å². The second-order valence-corrected chi connectivity index (χ2v) is 7.88. The molecule has 3 fully saturated rings. The van der Waals surface area contributed by atoms with Gasteiger partial charge in [0.15, 0.2) is 0 Å². The van der Waals surface area contributed by atoms with E-state index in [9.17, 15) is 10.2 Å². The van der Waals surface area contributed by atoms with Crippen molar-refractivity contribution in [3.05, 3.63) is 0 Å². The zero-order chi connectivity index (χ0) is 12.6. The molecular formula is C15H26O2. The number of fused-ring (bicyclic) bond motifs is 3. The van der Waals surface area contributed by atoms with E-state index in [-0.39, 0.29) is 0 Å². The summed E-state index contributed by atoms with van der Waals surface area (Å²) in [5.41, 5.74) is -0.738. The van der Waals surface area contributed by atoms with Crippen molar-refractivity contribution < 1.29 is 10.2 Å². The smallest absolute Gasteiger partial charge is 0.0654 e. The van der Waals surface area contributed by atoms with Crippen LogP contribution in [0.1, 0.15) is 53.4 Å². The van der Waals surface area contributed by atoms with Crippen LogP contribution in [0, 0.1) is 29.1 Å². The third kappa shape index (κ3) is 1.46. The van der Waals surface area contributed by atoms with Gasteiger partial charge in [0.05, 0.1) is 11.2 Å². The Bertz CT molecular complexity index is 343. The lowest BCUT2D eigenvalue weighted by molar-refractivity contribution is -0.0663. The molecule has 0 bridgehead atoms. The van der Waals surface area contributed by atoms with Crippen LogP contribution >= 0.6 is 0 Å². The van der Waals surface area contributed by atoms with Gasteiger partial charge >= 0.3 is 0 Å². The molecule has 2 N–H and O–H groups in total. The van der Waals surface area contributed by atoms with Crippen LogP contribution in [0.15, 0.2) is 0 Å². The molecule has 0 radical (unpaired) electrons. The Hall–Kier alpha value is -0.0800. The maximum absolute atomic E-state index is 10.7. The predicted octanol–water partition coefficient (Wildman–Crippen LogP) is 2.58. The molecule has 98 valence electrons. The van der Waals surface area contributed by atoms with Crippen molar-refractivity contribution in [3.8, 4) is 0 Å². The Kier molecular flexibility index (Phi) is 2.17. The molecule has 3 rings (SSSR count). The Morgan fingerprint density at radius 3 is 1.94 bits per heavy atom. The van der Waals surface area contributed by atoms with E-state index in [1.807, 2.05) is 13.8 Å². The molecule has 0 unspecified atom stereocenters. The van der Waals surface area contributed by atoms with Crippen LogP contribution < -0.4 is 0 Å². The summed E-state index contributed by atoms with van der Waals surface area (Å²) in [5, 5.41) is 21.3. The lowest BCUT2D eigenvalue weighted by atomic mass is 9.73. The van der Waals surface area contributed by atoms with E-state index in [4.69, 9.17) is 0 Å². The first-order valence-electron chi connectivity index (χ1n) is 7.13. The maximum atomic E-state index is 10.7. The van der Waals surface area contributed by atoms with E-state index in [1.54, 1.807) is 0 Å². The second kappa shape index (κ2) is 3.08. The third-order valence-electron chi connectivity index (χ3n) is 6.40. The molecular weight excluding hydrogens is 212 g/mol. The molecule has 0 spiro atoms. The molecule has 17 heavy (non-hydrogen) atoms. The molecule has 0 aromatic carbocycles. The van der Waals surface area contributed by atoms with Crippen molar-refractivity contribution in [2.45, 2.75) is 64.6 Å². The molecule has 3 saturated carbocycles. The molecule has 6 atom stereocenters. The van der Waals surface area contributed by atoms with Crippen molar-refractivity contribution in [1.29, 1.82) is 0 Å². The van der Waals surface area contributed by atoms with Gasteiger partial charge in [-0.15, -0.1) is 0 Å². The molecule has 0 heterocycles. The zero-order valence-electron chi connectivity index (χ0n) is 11.5. The summed E-state index contributed by atoms with van der Waals surface area (Å²) in [4.78, 5) is 0.